The Morgan fingerprint density at radius 3 is 0.585 bits per heavy atom. The van der Waals surface area contributed by atoms with Gasteiger partial charge in [-0.2, -0.15) is 0 Å². The second-order valence-corrected chi connectivity index (χ2v) is 70.6. The molecule has 0 N–H and O–H groups in total. The molecular weight excluding hydrogens is 1710 g/mol. The van der Waals surface area contributed by atoms with E-state index in [2.05, 4.69) is 224 Å². The van der Waals surface area contributed by atoms with Crippen LogP contribution >= 0.6 is 45.3 Å². The van der Waals surface area contributed by atoms with Crippen LogP contribution in [0.2, 0.25) is 26.6 Å². The van der Waals surface area contributed by atoms with Gasteiger partial charge in [0, 0.05) is 0 Å². The molecule has 2 aliphatic rings. The zero-order valence-corrected chi connectivity index (χ0v) is 86.8. The van der Waals surface area contributed by atoms with Crippen LogP contribution in [0.1, 0.15) is 470 Å². The van der Waals surface area contributed by atoms with Gasteiger partial charge < -0.3 is 0 Å². The monoisotopic (exact) mass is 1890 g/mol. The summed E-state index contributed by atoms with van der Waals surface area (Å²) in [5.41, 5.74) is 17.9. The van der Waals surface area contributed by atoms with Crippen LogP contribution in [-0.2, 0) is 36.5 Å². The van der Waals surface area contributed by atoms with Crippen molar-refractivity contribution in [2.75, 3.05) is 0 Å². The van der Waals surface area contributed by atoms with Gasteiger partial charge in [-0.1, -0.05) is 207 Å². The van der Waals surface area contributed by atoms with E-state index in [-0.39, 0.29) is 0 Å². The second-order valence-electron chi connectivity index (χ2n) is 38.2. The van der Waals surface area contributed by atoms with Gasteiger partial charge in [0.05, 0.1) is 0 Å². The standard InChI is InChI=1S/C88H118S4.6C4H9.2Sn/c1-5-9-13-17-21-25-29-33-37-41-45-69-49-57-73(58-50-69)87(74-59-51-70(52-60-74)46-42-38-34-30-26-22-18-14-10-6-2)77-65-67-89-81(77)83-79(87)85-86(91-83)80-84(92-85)82-78(66-68-90-82)88(80,75-61-53-71(54-62-75)47-43-39-35-31-27-23-19-15-11-7-3)76-63-55-72(56-64-76)48-44-40-36-32-28-24-20-16-12-8-4;6*1-3-4-2;;/h49-66H,5-48H2,1-4H3;6*1,3-4H2,2H3;;. The van der Waals surface area contributed by atoms with Crippen molar-refractivity contribution in [1.29, 1.82) is 0 Å². The molecule has 118 heavy (non-hydrogen) atoms. The van der Waals surface area contributed by atoms with E-state index in [0.29, 0.717) is 0 Å². The number of fused-ring (bicyclic) bond motifs is 9. The molecule has 0 radical (unpaired) electrons. The predicted octanol–water partition coefficient (Wildman–Crippen LogP) is 37.8. The molecule has 0 amide bonds. The van der Waals surface area contributed by atoms with E-state index < -0.39 is 47.6 Å². The Balaban J connectivity index is 1.18. The van der Waals surface area contributed by atoms with Crippen LogP contribution in [0, 0.1) is 0 Å². The van der Waals surface area contributed by atoms with Crippen LogP contribution in [0.3, 0.4) is 0 Å². The third kappa shape index (κ3) is 25.9. The third-order valence-electron chi connectivity index (χ3n) is 28.9. The van der Waals surface area contributed by atoms with Crippen LogP contribution in [0.5, 0.6) is 0 Å². The summed E-state index contributed by atoms with van der Waals surface area (Å²) in [5.74, 6) is 0. The minimum absolute atomic E-state index is 0.454. The molecule has 0 nitrogen and oxygen atoms in total. The Labute approximate surface area is 751 Å². The number of thiophene rings is 4. The summed E-state index contributed by atoms with van der Waals surface area (Å²) in [6, 6.07) is 48.8. The number of hydrogen-bond donors (Lipinski definition) is 0. The topological polar surface area (TPSA) is 0 Å². The van der Waals surface area contributed by atoms with Gasteiger partial charge in [0.1, 0.15) is 0 Å². The fourth-order valence-corrected chi connectivity index (χ4v) is 65.5. The normalized spacial score (nSPS) is 13.5. The van der Waals surface area contributed by atoms with Gasteiger partial charge in [0.25, 0.3) is 0 Å². The molecule has 0 saturated carbocycles. The number of rotatable bonds is 68. The van der Waals surface area contributed by atoms with E-state index in [1.807, 2.05) is 5.79 Å². The zero-order valence-electron chi connectivity index (χ0n) is 77.9. The van der Waals surface area contributed by atoms with Crippen LogP contribution < -0.4 is 5.79 Å². The molecule has 0 saturated heterocycles. The quantitative estimate of drug-likeness (QED) is 0.0263. The van der Waals surface area contributed by atoms with Crippen LogP contribution in [0.4, 0.5) is 0 Å². The number of hydrogen-bond acceptors (Lipinski definition) is 4. The van der Waals surface area contributed by atoms with Crippen molar-refractivity contribution in [1.82, 2.24) is 0 Å². The maximum atomic E-state index is 3.02. The van der Waals surface area contributed by atoms with Crippen molar-refractivity contribution in [3.05, 3.63) is 176 Å². The van der Waals surface area contributed by atoms with Gasteiger partial charge in [-0.3, -0.25) is 0 Å². The number of benzene rings is 4. The van der Waals surface area contributed by atoms with Crippen molar-refractivity contribution in [3.8, 4) is 19.5 Å². The molecule has 0 spiro atoms. The number of aryl methyl sites for hydroxylation is 4. The van der Waals surface area contributed by atoms with Gasteiger partial charge in [-0.25, -0.2) is 0 Å². The summed E-state index contributed by atoms with van der Waals surface area (Å²) in [6.07, 6.45) is 76.1. The Bertz CT molecular complexity index is 3560. The Morgan fingerprint density at radius 2 is 0.390 bits per heavy atom. The first-order valence-corrected chi connectivity index (χ1v) is 69.7. The van der Waals surface area contributed by atoms with Crippen molar-refractivity contribution < 1.29 is 0 Å². The molecule has 0 unspecified atom stereocenters. The molecule has 6 heteroatoms. The summed E-state index contributed by atoms with van der Waals surface area (Å²) in [6.45, 7) is 24.3. The third-order valence-corrected chi connectivity index (χ3v) is 70.4. The van der Waals surface area contributed by atoms with Crippen LogP contribution in [-0.4, -0.2) is 36.8 Å². The summed E-state index contributed by atoms with van der Waals surface area (Å²) in [7, 11) is 0. The molecule has 652 valence electrons. The van der Waals surface area contributed by atoms with E-state index >= 15 is 0 Å². The molecule has 4 aromatic heterocycles. The van der Waals surface area contributed by atoms with Gasteiger partial charge in [0.15, 0.2) is 0 Å². The number of unbranched alkanes of at least 4 members (excludes halogenated alkanes) is 42. The first kappa shape index (κ1) is 97.7. The molecule has 4 heterocycles. The van der Waals surface area contributed by atoms with E-state index in [1.54, 1.807) is 51.2 Å². The molecular formula is C112H172S4Sn2. The molecule has 4 aromatic carbocycles. The van der Waals surface area contributed by atoms with Crippen molar-refractivity contribution in [2.45, 2.75) is 466 Å². The molecule has 2 aliphatic carbocycles. The van der Waals surface area contributed by atoms with Gasteiger partial charge in [-0.15, -0.1) is 0 Å². The first-order chi connectivity index (χ1) is 58.1. The van der Waals surface area contributed by atoms with Gasteiger partial charge in [-0.05, 0) is 0 Å². The summed E-state index contributed by atoms with van der Waals surface area (Å²) < 4.78 is 16.0. The molecule has 0 fully saturated rings. The zero-order chi connectivity index (χ0) is 82.9. The summed E-state index contributed by atoms with van der Waals surface area (Å²) >= 11 is 3.24. The summed E-state index contributed by atoms with van der Waals surface area (Å²) in [4.78, 5) is 6.55. The molecule has 0 aliphatic heterocycles. The van der Waals surface area contributed by atoms with Crippen LogP contribution in [0.25, 0.3) is 28.9 Å². The van der Waals surface area contributed by atoms with E-state index in [1.165, 1.54) is 431 Å². The summed E-state index contributed by atoms with van der Waals surface area (Å²) in [5, 5.41) is 0. The van der Waals surface area contributed by atoms with Crippen molar-refractivity contribution >= 4 is 97.3 Å². The van der Waals surface area contributed by atoms with E-state index in [9.17, 15) is 0 Å². The predicted molar refractivity (Wildman–Crippen MR) is 541 cm³/mol. The minimum atomic E-state index is -3.04. The molecule has 10 rings (SSSR count). The molecule has 0 bridgehead atoms. The van der Waals surface area contributed by atoms with Crippen molar-refractivity contribution in [3.63, 3.8) is 0 Å². The van der Waals surface area contributed by atoms with E-state index in [4.69, 9.17) is 0 Å². The van der Waals surface area contributed by atoms with Crippen LogP contribution in [0.15, 0.2) is 109 Å². The Kier molecular flexibility index (Phi) is 44.6. The molecule has 8 aromatic rings. The fourth-order valence-electron chi connectivity index (χ4n) is 21.5. The fraction of sp³-hybridized carbons (Fsp3) is 0.661. The Hall–Kier alpha value is -2.46. The van der Waals surface area contributed by atoms with Crippen molar-refractivity contribution in [2.24, 2.45) is 0 Å². The first-order valence-electron chi connectivity index (χ1n) is 51.4. The van der Waals surface area contributed by atoms with E-state index in [0.717, 1.165) is 0 Å². The van der Waals surface area contributed by atoms with Gasteiger partial charge in [0.2, 0.25) is 0 Å². The second kappa shape index (κ2) is 53.9. The average Bonchev–Trinajstić information content (AvgIpc) is 1.48. The van der Waals surface area contributed by atoms with Gasteiger partial charge >= 0.3 is 552 Å². The average molecular weight is 1880 g/mol. The maximum absolute atomic E-state index is 3.04. The Morgan fingerprint density at radius 1 is 0.203 bits per heavy atom. The molecule has 0 atom stereocenters. The SMILES string of the molecule is CCCCCCCCCCCCc1ccc(C2(c3ccc(CCCCCCCCCCCC)cc3)c3c[c]([Sn]([CH2]CCC)([CH2]CCC)[CH2]CCC)sc3-c3sc4c5c(sc4c32)-c2s[c]([Sn]([CH2]CCC)([CH2]CCC)[CH2]CCC)cc2C5(c2ccc(CCCCCCCCCCCC)cc2)c2ccc(CCCCCCCCCCCC)cc2)cc1.